The van der Waals surface area contributed by atoms with Crippen molar-refractivity contribution in [3.8, 4) is 0 Å². The van der Waals surface area contributed by atoms with Crippen LogP contribution in [0.5, 0.6) is 0 Å². The summed E-state index contributed by atoms with van der Waals surface area (Å²) in [4.78, 5) is 6.62. The third-order valence-electron chi connectivity index (χ3n) is 2.61. The first-order valence-corrected chi connectivity index (χ1v) is 4.64. The van der Waals surface area contributed by atoms with Crippen LogP contribution in [0, 0.1) is 0 Å². The molecule has 3 heteroatoms. The number of nitrogens with two attached hydrogens (primary N) is 1. The molecule has 0 radical (unpaired) electrons. The van der Waals surface area contributed by atoms with Gasteiger partial charge >= 0.3 is 0 Å². The lowest BCUT2D eigenvalue weighted by Gasteiger charge is -2.17. The molecular weight excluding hydrogens is 162 g/mol. The van der Waals surface area contributed by atoms with Gasteiger partial charge in [0.25, 0.3) is 0 Å². The number of hydrogen-bond donors (Lipinski definition) is 1. The van der Waals surface area contributed by atoms with Crippen LogP contribution in [-0.4, -0.2) is 29.5 Å². The second kappa shape index (κ2) is 3.44. The third kappa shape index (κ3) is 1.71. The lowest BCUT2D eigenvalue weighted by molar-refractivity contribution is 0.311. The zero-order chi connectivity index (χ0) is 9.26. The first-order chi connectivity index (χ1) is 6.27. The van der Waals surface area contributed by atoms with E-state index in [-0.39, 0.29) is 0 Å². The molecule has 1 saturated heterocycles. The average Bonchev–Trinajstić information content (AvgIpc) is 2.47. The number of aromatic nitrogens is 1. The van der Waals surface area contributed by atoms with E-state index in [2.05, 4.69) is 23.0 Å². The fourth-order valence-corrected chi connectivity index (χ4v) is 1.96. The summed E-state index contributed by atoms with van der Waals surface area (Å²) in [6.07, 6.45) is 2.86. The smallest absolute Gasteiger partial charge is 0.0575 e. The molecule has 3 nitrogen and oxygen atoms in total. The average molecular weight is 177 g/mol. The van der Waals surface area contributed by atoms with Gasteiger partial charge in [0.05, 0.1) is 11.7 Å². The summed E-state index contributed by atoms with van der Waals surface area (Å²) in [6.45, 7) is 0.973. The second-order valence-corrected chi connectivity index (χ2v) is 3.71. The van der Waals surface area contributed by atoms with Crippen molar-refractivity contribution in [2.45, 2.75) is 18.5 Å². The SMILES string of the molecule is CN1CC(N)CC1c1ccccn1. The number of nitrogens with zero attached hydrogens (tertiary/aromatic N) is 2. The quantitative estimate of drug-likeness (QED) is 0.689. The minimum Gasteiger partial charge on any atom is -0.326 e. The van der Waals surface area contributed by atoms with Crippen LogP contribution in [0.15, 0.2) is 24.4 Å². The Morgan fingerprint density at radius 1 is 1.54 bits per heavy atom. The Bertz CT molecular complexity index is 273. The molecule has 2 N–H and O–H groups in total. The topological polar surface area (TPSA) is 42.1 Å². The van der Waals surface area contributed by atoms with Crippen LogP contribution in [0.4, 0.5) is 0 Å². The summed E-state index contributed by atoms with van der Waals surface area (Å²) >= 11 is 0. The van der Waals surface area contributed by atoms with E-state index >= 15 is 0 Å². The molecule has 1 fully saturated rings. The molecule has 1 aliphatic heterocycles. The Morgan fingerprint density at radius 3 is 2.92 bits per heavy atom. The summed E-state index contributed by atoms with van der Waals surface area (Å²) in [5.41, 5.74) is 7.02. The first-order valence-electron chi connectivity index (χ1n) is 4.64. The van der Waals surface area contributed by atoms with Crippen LogP contribution in [0.2, 0.25) is 0 Å². The monoisotopic (exact) mass is 177 g/mol. The second-order valence-electron chi connectivity index (χ2n) is 3.71. The van der Waals surface area contributed by atoms with Crippen molar-refractivity contribution in [2.75, 3.05) is 13.6 Å². The summed E-state index contributed by atoms with van der Waals surface area (Å²) in [7, 11) is 2.10. The highest BCUT2D eigenvalue weighted by Gasteiger charge is 2.28. The summed E-state index contributed by atoms with van der Waals surface area (Å²) < 4.78 is 0. The number of hydrogen-bond acceptors (Lipinski definition) is 3. The predicted octanol–water partition coefficient (Wildman–Crippen LogP) is 0.785. The highest BCUT2D eigenvalue weighted by Crippen LogP contribution is 2.27. The Labute approximate surface area is 78.6 Å². The Kier molecular flexibility index (Phi) is 2.29. The van der Waals surface area contributed by atoms with Gasteiger partial charge < -0.3 is 5.73 Å². The number of likely N-dealkylation sites (tertiary alicyclic amines) is 1. The summed E-state index contributed by atoms with van der Waals surface area (Å²) in [5.74, 6) is 0. The maximum atomic E-state index is 5.88. The van der Waals surface area contributed by atoms with E-state index in [4.69, 9.17) is 5.73 Å². The molecule has 1 aromatic heterocycles. The van der Waals surface area contributed by atoms with E-state index in [9.17, 15) is 0 Å². The van der Waals surface area contributed by atoms with Crippen molar-refractivity contribution < 1.29 is 0 Å². The molecule has 13 heavy (non-hydrogen) atoms. The zero-order valence-electron chi connectivity index (χ0n) is 7.85. The van der Waals surface area contributed by atoms with E-state index in [0.29, 0.717) is 12.1 Å². The normalized spacial score (nSPS) is 29.4. The maximum absolute atomic E-state index is 5.88. The highest BCUT2D eigenvalue weighted by molar-refractivity contribution is 5.11. The largest absolute Gasteiger partial charge is 0.326 e. The maximum Gasteiger partial charge on any atom is 0.0575 e. The molecule has 0 spiro atoms. The zero-order valence-corrected chi connectivity index (χ0v) is 7.85. The molecule has 0 bridgehead atoms. The van der Waals surface area contributed by atoms with Gasteiger partial charge in [-0.05, 0) is 25.6 Å². The van der Waals surface area contributed by atoms with Gasteiger partial charge in [-0.15, -0.1) is 0 Å². The van der Waals surface area contributed by atoms with Crippen molar-refractivity contribution in [3.05, 3.63) is 30.1 Å². The third-order valence-corrected chi connectivity index (χ3v) is 2.61. The molecule has 0 amide bonds. The van der Waals surface area contributed by atoms with Crippen LogP contribution < -0.4 is 5.73 Å². The van der Waals surface area contributed by atoms with Gasteiger partial charge in [0, 0.05) is 18.8 Å². The fraction of sp³-hybridized carbons (Fsp3) is 0.500. The van der Waals surface area contributed by atoms with Crippen molar-refractivity contribution in [2.24, 2.45) is 5.73 Å². The van der Waals surface area contributed by atoms with Gasteiger partial charge in [0.1, 0.15) is 0 Å². The molecular formula is C10H15N3. The molecule has 1 aromatic rings. The minimum absolute atomic E-state index is 0.303. The Balaban J connectivity index is 2.18. The lowest BCUT2D eigenvalue weighted by atomic mass is 10.1. The minimum atomic E-state index is 0.303. The van der Waals surface area contributed by atoms with E-state index < -0.39 is 0 Å². The van der Waals surface area contributed by atoms with Crippen LogP contribution in [0.3, 0.4) is 0 Å². The molecule has 2 heterocycles. The molecule has 2 atom stereocenters. The van der Waals surface area contributed by atoms with Gasteiger partial charge in [-0.2, -0.15) is 0 Å². The number of rotatable bonds is 1. The molecule has 1 aliphatic rings. The number of likely N-dealkylation sites (N-methyl/N-ethyl adjacent to an activating group) is 1. The molecule has 0 aliphatic carbocycles. The first kappa shape index (κ1) is 8.66. The van der Waals surface area contributed by atoms with Crippen molar-refractivity contribution >= 4 is 0 Å². The molecule has 2 unspecified atom stereocenters. The fourth-order valence-electron chi connectivity index (χ4n) is 1.96. The number of pyridine rings is 1. The molecule has 0 saturated carbocycles. The van der Waals surface area contributed by atoms with Crippen molar-refractivity contribution in [1.82, 2.24) is 9.88 Å². The van der Waals surface area contributed by atoms with E-state index in [1.165, 1.54) is 0 Å². The van der Waals surface area contributed by atoms with Gasteiger partial charge in [0.15, 0.2) is 0 Å². The van der Waals surface area contributed by atoms with Gasteiger partial charge in [0.2, 0.25) is 0 Å². The Hall–Kier alpha value is -0.930. The van der Waals surface area contributed by atoms with Crippen molar-refractivity contribution in [1.29, 1.82) is 0 Å². The van der Waals surface area contributed by atoms with Gasteiger partial charge in [-0.1, -0.05) is 6.07 Å². The summed E-state index contributed by atoms with van der Waals surface area (Å²) in [6, 6.07) is 6.76. The highest BCUT2D eigenvalue weighted by atomic mass is 15.2. The molecule has 0 aromatic carbocycles. The van der Waals surface area contributed by atoms with Crippen molar-refractivity contribution in [3.63, 3.8) is 0 Å². The molecule has 2 rings (SSSR count). The molecule has 70 valence electrons. The lowest BCUT2D eigenvalue weighted by Crippen LogP contribution is -2.24. The van der Waals surface area contributed by atoms with E-state index in [1.807, 2.05) is 18.3 Å². The van der Waals surface area contributed by atoms with Crippen LogP contribution in [-0.2, 0) is 0 Å². The Morgan fingerprint density at radius 2 is 2.38 bits per heavy atom. The summed E-state index contributed by atoms with van der Waals surface area (Å²) in [5, 5.41) is 0. The van der Waals surface area contributed by atoms with Crippen LogP contribution in [0.25, 0.3) is 0 Å². The van der Waals surface area contributed by atoms with Gasteiger partial charge in [-0.3, -0.25) is 9.88 Å². The standard InChI is InChI=1S/C10H15N3/c1-13-7-8(11)6-10(13)9-4-2-3-5-12-9/h2-5,8,10H,6-7,11H2,1H3. The van der Waals surface area contributed by atoms with Crippen LogP contribution in [0.1, 0.15) is 18.2 Å². The van der Waals surface area contributed by atoms with E-state index in [1.54, 1.807) is 0 Å². The van der Waals surface area contributed by atoms with Gasteiger partial charge in [-0.25, -0.2) is 0 Å². The van der Waals surface area contributed by atoms with Crippen LogP contribution >= 0.6 is 0 Å². The predicted molar refractivity (Wildman–Crippen MR) is 52.2 cm³/mol. The van der Waals surface area contributed by atoms with E-state index in [0.717, 1.165) is 18.7 Å².